The summed E-state index contributed by atoms with van der Waals surface area (Å²) in [5, 5.41) is 8.94. The Morgan fingerprint density at radius 1 is 1.12 bits per heavy atom. The van der Waals surface area contributed by atoms with Crippen molar-refractivity contribution in [3.05, 3.63) is 29.8 Å². The highest BCUT2D eigenvalue weighted by Crippen LogP contribution is 2.26. The van der Waals surface area contributed by atoms with Crippen LogP contribution in [-0.2, 0) is 9.59 Å². The molecule has 0 unspecified atom stereocenters. The Morgan fingerprint density at radius 3 is 2.29 bits per heavy atom. The second kappa shape index (κ2) is 6.70. The normalized spacial score (nSPS) is 23.0. The molecule has 2 aliphatic rings. The van der Waals surface area contributed by atoms with Crippen molar-refractivity contribution in [1.82, 2.24) is 9.80 Å². The summed E-state index contributed by atoms with van der Waals surface area (Å²) in [5.74, 6) is -1.48. The second-order valence-electron chi connectivity index (χ2n) is 6.11. The molecule has 0 aromatic heterocycles. The lowest BCUT2D eigenvalue weighted by molar-refractivity contribution is -0.123. The zero-order valence-corrected chi connectivity index (χ0v) is 13.6. The molecule has 7 heteroatoms. The van der Waals surface area contributed by atoms with Crippen molar-refractivity contribution in [2.75, 3.05) is 37.6 Å². The molecule has 24 heavy (non-hydrogen) atoms. The summed E-state index contributed by atoms with van der Waals surface area (Å²) in [6.07, 6.45) is 0.186. The number of carbonyl (C=O) groups excluding carboxylic acids is 2. The van der Waals surface area contributed by atoms with Gasteiger partial charge in [-0.25, -0.2) is 9.69 Å². The molecule has 0 saturated carbocycles. The van der Waals surface area contributed by atoms with Crippen LogP contribution in [0.3, 0.4) is 0 Å². The third kappa shape index (κ3) is 3.05. The molecule has 1 aromatic carbocycles. The Hall–Kier alpha value is -2.25. The van der Waals surface area contributed by atoms with E-state index in [9.17, 15) is 14.4 Å². The molecule has 0 spiro atoms. The van der Waals surface area contributed by atoms with E-state index in [2.05, 4.69) is 16.7 Å². The Bertz CT molecular complexity index is 650. The smallest absolute Gasteiger partial charge is 0.335 e. The van der Waals surface area contributed by atoms with E-state index in [0.29, 0.717) is 5.69 Å². The van der Waals surface area contributed by atoms with Crippen molar-refractivity contribution in [3.8, 4) is 0 Å². The predicted octanol–water partition coefficient (Wildman–Crippen LogP) is 0.654. The lowest BCUT2D eigenvalue weighted by atomic mass is 10.1. The summed E-state index contributed by atoms with van der Waals surface area (Å²) >= 11 is 0. The van der Waals surface area contributed by atoms with Crippen LogP contribution in [0, 0.1) is 0 Å². The van der Waals surface area contributed by atoms with Gasteiger partial charge in [-0.2, -0.15) is 0 Å². The highest BCUT2D eigenvalue weighted by atomic mass is 16.4. The number of aromatic carboxylic acids is 1. The van der Waals surface area contributed by atoms with E-state index in [0.717, 1.165) is 32.7 Å². The molecule has 1 aromatic rings. The van der Waals surface area contributed by atoms with Gasteiger partial charge in [-0.1, -0.05) is 6.92 Å². The maximum Gasteiger partial charge on any atom is 0.335 e. The summed E-state index contributed by atoms with van der Waals surface area (Å²) in [6, 6.07) is 5.43. The van der Waals surface area contributed by atoms with Crippen LogP contribution in [0.25, 0.3) is 0 Å². The van der Waals surface area contributed by atoms with Crippen molar-refractivity contribution in [1.29, 1.82) is 0 Å². The fraction of sp³-hybridized carbons (Fsp3) is 0.471. The Morgan fingerprint density at radius 2 is 1.75 bits per heavy atom. The maximum absolute atomic E-state index is 12.7. The van der Waals surface area contributed by atoms with Gasteiger partial charge in [-0.15, -0.1) is 0 Å². The number of piperazine rings is 1. The Kier molecular flexibility index (Phi) is 4.64. The van der Waals surface area contributed by atoms with E-state index < -0.39 is 12.0 Å². The van der Waals surface area contributed by atoms with Crippen LogP contribution in [0.15, 0.2) is 24.3 Å². The molecule has 0 bridgehead atoms. The lowest BCUT2D eigenvalue weighted by Crippen LogP contribution is -2.52. The average molecular weight is 331 g/mol. The number of carbonyl (C=O) groups is 3. The van der Waals surface area contributed by atoms with Crippen LogP contribution in [0.5, 0.6) is 0 Å². The van der Waals surface area contributed by atoms with Crippen molar-refractivity contribution in [3.63, 3.8) is 0 Å². The molecule has 1 atom stereocenters. The van der Waals surface area contributed by atoms with Gasteiger partial charge in [0.1, 0.15) is 0 Å². The van der Waals surface area contributed by atoms with Crippen LogP contribution in [0.4, 0.5) is 5.69 Å². The largest absolute Gasteiger partial charge is 0.478 e. The molecule has 2 heterocycles. The first-order valence-corrected chi connectivity index (χ1v) is 8.18. The van der Waals surface area contributed by atoms with E-state index in [-0.39, 0.29) is 23.8 Å². The van der Waals surface area contributed by atoms with E-state index in [1.165, 1.54) is 29.2 Å². The number of benzene rings is 1. The van der Waals surface area contributed by atoms with Crippen LogP contribution in [-0.4, -0.2) is 71.5 Å². The van der Waals surface area contributed by atoms with Crippen LogP contribution in [0.2, 0.25) is 0 Å². The summed E-state index contributed by atoms with van der Waals surface area (Å²) in [7, 11) is 0. The molecule has 0 radical (unpaired) electrons. The maximum atomic E-state index is 12.7. The third-order valence-corrected chi connectivity index (χ3v) is 4.79. The number of nitrogens with zero attached hydrogens (tertiary/aromatic N) is 3. The van der Waals surface area contributed by atoms with E-state index in [1.54, 1.807) is 0 Å². The first-order valence-electron chi connectivity index (χ1n) is 8.18. The number of imide groups is 1. The fourth-order valence-corrected chi connectivity index (χ4v) is 3.32. The quantitative estimate of drug-likeness (QED) is 0.816. The first-order chi connectivity index (χ1) is 11.5. The molecule has 1 N–H and O–H groups in total. The predicted molar refractivity (Wildman–Crippen MR) is 88.0 cm³/mol. The molecular weight excluding hydrogens is 310 g/mol. The zero-order chi connectivity index (χ0) is 17.3. The van der Waals surface area contributed by atoms with Crippen LogP contribution < -0.4 is 4.90 Å². The number of likely N-dealkylation sites (N-methyl/N-ethyl adjacent to an activating group) is 1. The third-order valence-electron chi connectivity index (χ3n) is 4.79. The molecule has 3 rings (SSSR count). The summed E-state index contributed by atoms with van der Waals surface area (Å²) in [4.78, 5) is 41.5. The lowest BCUT2D eigenvalue weighted by Gasteiger charge is -2.36. The van der Waals surface area contributed by atoms with Gasteiger partial charge >= 0.3 is 5.97 Å². The van der Waals surface area contributed by atoms with Gasteiger partial charge in [0, 0.05) is 26.2 Å². The molecular formula is C17H21N3O4. The Labute approximate surface area is 140 Å². The van der Waals surface area contributed by atoms with Crippen LogP contribution >= 0.6 is 0 Å². The second-order valence-corrected chi connectivity index (χ2v) is 6.11. The van der Waals surface area contributed by atoms with Crippen molar-refractivity contribution in [2.24, 2.45) is 0 Å². The molecule has 2 fully saturated rings. The van der Waals surface area contributed by atoms with Gasteiger partial charge in [0.2, 0.25) is 5.91 Å². The van der Waals surface area contributed by atoms with E-state index in [4.69, 9.17) is 5.11 Å². The Balaban J connectivity index is 1.73. The van der Waals surface area contributed by atoms with Gasteiger partial charge < -0.3 is 10.0 Å². The standard InChI is InChI=1S/C17H21N3O4/c1-2-18-7-9-19(10-8-18)14-11-15(21)20(16(14)22)13-5-3-12(4-6-13)17(23)24/h3-6,14H,2,7-11H2,1H3,(H,23,24)/t14-/m1/s1. The molecule has 2 amide bonds. The number of amides is 2. The van der Waals surface area contributed by atoms with Crippen molar-refractivity contribution < 1.29 is 19.5 Å². The monoisotopic (exact) mass is 331 g/mol. The van der Waals surface area contributed by atoms with Gasteiger partial charge in [0.25, 0.3) is 5.91 Å². The van der Waals surface area contributed by atoms with Gasteiger partial charge in [0.05, 0.1) is 23.7 Å². The minimum Gasteiger partial charge on any atom is -0.478 e. The minimum atomic E-state index is -1.03. The molecule has 2 saturated heterocycles. The van der Waals surface area contributed by atoms with E-state index >= 15 is 0 Å². The van der Waals surface area contributed by atoms with E-state index in [1.807, 2.05) is 0 Å². The number of hydrogen-bond acceptors (Lipinski definition) is 5. The summed E-state index contributed by atoms with van der Waals surface area (Å²) in [5.41, 5.74) is 0.565. The molecule has 0 aliphatic carbocycles. The summed E-state index contributed by atoms with van der Waals surface area (Å²) < 4.78 is 0. The van der Waals surface area contributed by atoms with Gasteiger partial charge in [0.15, 0.2) is 0 Å². The number of carboxylic acid groups (broad SMARTS) is 1. The number of anilines is 1. The first kappa shape index (κ1) is 16.6. The van der Waals surface area contributed by atoms with Crippen LogP contribution in [0.1, 0.15) is 23.7 Å². The number of hydrogen-bond donors (Lipinski definition) is 1. The minimum absolute atomic E-state index is 0.130. The molecule has 7 nitrogen and oxygen atoms in total. The molecule has 2 aliphatic heterocycles. The average Bonchev–Trinajstić information content (AvgIpc) is 2.89. The zero-order valence-electron chi connectivity index (χ0n) is 13.6. The topological polar surface area (TPSA) is 81.2 Å². The summed E-state index contributed by atoms with van der Waals surface area (Å²) in [6.45, 7) is 6.48. The van der Waals surface area contributed by atoms with Crippen molar-refractivity contribution in [2.45, 2.75) is 19.4 Å². The SMILES string of the molecule is CCN1CCN([C@@H]2CC(=O)N(c3ccc(C(=O)O)cc3)C2=O)CC1. The van der Waals surface area contributed by atoms with Crippen molar-refractivity contribution >= 4 is 23.5 Å². The van der Waals surface area contributed by atoms with Gasteiger partial charge in [-0.05, 0) is 30.8 Å². The number of rotatable bonds is 4. The highest BCUT2D eigenvalue weighted by Gasteiger charge is 2.43. The fourth-order valence-electron chi connectivity index (χ4n) is 3.32. The number of carboxylic acids is 1. The van der Waals surface area contributed by atoms with Gasteiger partial charge in [-0.3, -0.25) is 14.5 Å². The molecule has 128 valence electrons. The highest BCUT2D eigenvalue weighted by molar-refractivity contribution is 6.22.